The Morgan fingerprint density at radius 1 is 1.18 bits per heavy atom. The maximum atomic E-state index is 4.88. The summed E-state index contributed by atoms with van der Waals surface area (Å²) in [4.78, 5) is 9.84. The van der Waals surface area contributed by atoms with Gasteiger partial charge in [0, 0.05) is 44.8 Å². The Balaban J connectivity index is 1.81. The number of rotatable bonds is 9. The van der Waals surface area contributed by atoms with Crippen molar-refractivity contribution >= 4 is 5.96 Å². The maximum absolute atomic E-state index is 4.88. The molecule has 0 bridgehead atoms. The number of hydrogen-bond acceptors (Lipinski definition) is 3. The number of likely N-dealkylation sites (N-methyl/N-ethyl adjacent to an activating group) is 1. The van der Waals surface area contributed by atoms with E-state index in [1.807, 2.05) is 0 Å². The summed E-state index contributed by atoms with van der Waals surface area (Å²) in [5, 5.41) is 7.09. The normalized spacial score (nSPS) is 17.9. The van der Waals surface area contributed by atoms with Gasteiger partial charge in [0.1, 0.15) is 0 Å². The molecule has 1 fully saturated rings. The lowest BCUT2D eigenvalue weighted by molar-refractivity contribution is 0.186. The minimum absolute atomic E-state index is 0.392. The van der Waals surface area contributed by atoms with E-state index in [2.05, 4.69) is 85.5 Å². The van der Waals surface area contributed by atoms with Gasteiger partial charge in [-0.3, -0.25) is 9.89 Å². The number of hydrogen-bond donors (Lipinski definition) is 2. The first-order valence-electron chi connectivity index (χ1n) is 11.0. The topological polar surface area (TPSA) is 42.9 Å². The van der Waals surface area contributed by atoms with Crippen molar-refractivity contribution in [3.63, 3.8) is 0 Å². The fraction of sp³-hybridized carbons (Fsp3) is 0.696. The van der Waals surface area contributed by atoms with Gasteiger partial charge in [-0.15, -0.1) is 0 Å². The average Bonchev–Trinajstić information content (AvgIpc) is 2.68. The van der Waals surface area contributed by atoms with E-state index in [9.17, 15) is 0 Å². The van der Waals surface area contributed by atoms with Gasteiger partial charge in [0.15, 0.2) is 5.96 Å². The Bertz CT molecular complexity index is 564. The summed E-state index contributed by atoms with van der Waals surface area (Å²) in [6.45, 7) is 15.2. The van der Waals surface area contributed by atoms with Crippen LogP contribution >= 0.6 is 0 Å². The van der Waals surface area contributed by atoms with Gasteiger partial charge in [0.2, 0.25) is 0 Å². The fourth-order valence-corrected chi connectivity index (χ4v) is 3.68. The van der Waals surface area contributed by atoms with Crippen molar-refractivity contribution in [2.75, 3.05) is 39.8 Å². The van der Waals surface area contributed by atoms with Gasteiger partial charge in [0.25, 0.3) is 0 Å². The first kappa shape index (κ1) is 22.7. The van der Waals surface area contributed by atoms with Crippen LogP contribution in [0.4, 0.5) is 0 Å². The molecule has 1 aromatic carbocycles. The second-order valence-electron chi connectivity index (χ2n) is 8.58. The largest absolute Gasteiger partial charge is 0.357 e. The summed E-state index contributed by atoms with van der Waals surface area (Å²) < 4.78 is 0. The lowest BCUT2D eigenvalue weighted by Gasteiger charge is -2.34. The van der Waals surface area contributed by atoms with Gasteiger partial charge in [-0.1, -0.05) is 44.2 Å². The Morgan fingerprint density at radius 2 is 1.86 bits per heavy atom. The Morgan fingerprint density at radius 3 is 2.46 bits per heavy atom. The van der Waals surface area contributed by atoms with E-state index >= 15 is 0 Å². The standard InChI is InChI=1S/C23H41N5/c1-6-24-23(26-22-12-14-28(15-13-22)17-19(2)3)25-16-20(4)27(5)18-21-10-8-7-9-11-21/h7-11,19-20,22H,6,12-18H2,1-5H3,(H2,24,25,26). The summed E-state index contributed by atoms with van der Waals surface area (Å²) in [6, 6.07) is 11.6. The number of piperidine rings is 1. The van der Waals surface area contributed by atoms with Crippen molar-refractivity contribution in [1.82, 2.24) is 20.4 Å². The van der Waals surface area contributed by atoms with E-state index in [1.165, 1.54) is 38.0 Å². The van der Waals surface area contributed by atoms with E-state index in [0.29, 0.717) is 12.1 Å². The molecule has 0 aliphatic carbocycles. The highest BCUT2D eigenvalue weighted by Gasteiger charge is 2.20. The van der Waals surface area contributed by atoms with Gasteiger partial charge in [-0.2, -0.15) is 0 Å². The van der Waals surface area contributed by atoms with Crippen molar-refractivity contribution in [1.29, 1.82) is 0 Å². The second-order valence-corrected chi connectivity index (χ2v) is 8.58. The van der Waals surface area contributed by atoms with E-state index in [4.69, 9.17) is 4.99 Å². The Kier molecular flexibility index (Phi) is 9.79. The highest BCUT2D eigenvalue weighted by Crippen LogP contribution is 2.12. The van der Waals surface area contributed by atoms with Gasteiger partial charge in [0.05, 0.1) is 6.54 Å². The first-order chi connectivity index (χ1) is 13.5. The van der Waals surface area contributed by atoms with Crippen LogP contribution in [0.2, 0.25) is 0 Å². The van der Waals surface area contributed by atoms with Crippen LogP contribution in [0.3, 0.4) is 0 Å². The van der Waals surface area contributed by atoms with Crippen LogP contribution in [0.15, 0.2) is 35.3 Å². The molecule has 2 N–H and O–H groups in total. The van der Waals surface area contributed by atoms with Gasteiger partial charge in [-0.25, -0.2) is 0 Å². The molecule has 0 radical (unpaired) electrons. The molecule has 1 atom stereocenters. The minimum atomic E-state index is 0.392. The summed E-state index contributed by atoms with van der Waals surface area (Å²) in [5.74, 6) is 1.71. The van der Waals surface area contributed by atoms with Gasteiger partial charge < -0.3 is 15.5 Å². The monoisotopic (exact) mass is 387 g/mol. The predicted octanol–water partition coefficient (Wildman–Crippen LogP) is 3.18. The van der Waals surface area contributed by atoms with Crippen LogP contribution in [0.25, 0.3) is 0 Å². The molecule has 28 heavy (non-hydrogen) atoms. The molecule has 0 amide bonds. The lowest BCUT2D eigenvalue weighted by atomic mass is 10.0. The highest BCUT2D eigenvalue weighted by atomic mass is 15.2. The van der Waals surface area contributed by atoms with Gasteiger partial charge in [-0.05, 0) is 45.2 Å². The SMILES string of the molecule is CCNC(=NCC(C)N(C)Cc1ccccc1)NC1CCN(CC(C)C)CC1. The second kappa shape index (κ2) is 12.1. The van der Waals surface area contributed by atoms with E-state index in [0.717, 1.165) is 31.5 Å². The molecule has 0 saturated carbocycles. The summed E-state index contributed by atoms with van der Waals surface area (Å²) in [7, 11) is 2.18. The van der Waals surface area contributed by atoms with Gasteiger partial charge >= 0.3 is 0 Å². The molecule has 1 aromatic rings. The molecule has 1 unspecified atom stereocenters. The van der Waals surface area contributed by atoms with Crippen molar-refractivity contribution < 1.29 is 0 Å². The van der Waals surface area contributed by atoms with E-state index < -0.39 is 0 Å². The zero-order chi connectivity index (χ0) is 20.4. The van der Waals surface area contributed by atoms with Crippen LogP contribution in [0.1, 0.15) is 46.1 Å². The summed E-state index contributed by atoms with van der Waals surface area (Å²) >= 11 is 0. The van der Waals surface area contributed by atoms with Crippen LogP contribution in [-0.4, -0.2) is 67.6 Å². The number of nitrogens with zero attached hydrogens (tertiary/aromatic N) is 3. The molecule has 158 valence electrons. The quantitative estimate of drug-likeness (QED) is 0.504. The summed E-state index contributed by atoms with van der Waals surface area (Å²) in [5.41, 5.74) is 1.35. The molecular weight excluding hydrogens is 346 g/mol. The minimum Gasteiger partial charge on any atom is -0.357 e. The molecule has 0 spiro atoms. The van der Waals surface area contributed by atoms with Crippen molar-refractivity contribution in [3.8, 4) is 0 Å². The van der Waals surface area contributed by atoms with E-state index in [1.54, 1.807) is 0 Å². The number of aliphatic imine (C=N–C) groups is 1. The van der Waals surface area contributed by atoms with Crippen LogP contribution in [0, 0.1) is 5.92 Å². The molecule has 5 heteroatoms. The third kappa shape index (κ3) is 8.19. The molecule has 1 heterocycles. The number of likely N-dealkylation sites (tertiary alicyclic amines) is 1. The van der Waals surface area contributed by atoms with E-state index in [-0.39, 0.29) is 0 Å². The zero-order valence-electron chi connectivity index (χ0n) is 18.6. The highest BCUT2D eigenvalue weighted by molar-refractivity contribution is 5.80. The zero-order valence-corrected chi connectivity index (χ0v) is 18.6. The maximum Gasteiger partial charge on any atom is 0.191 e. The van der Waals surface area contributed by atoms with Crippen LogP contribution in [0.5, 0.6) is 0 Å². The number of benzene rings is 1. The molecular formula is C23H41N5. The number of guanidine groups is 1. The Labute approximate surface area is 172 Å². The third-order valence-electron chi connectivity index (χ3n) is 5.44. The molecule has 2 rings (SSSR count). The smallest absolute Gasteiger partial charge is 0.191 e. The van der Waals surface area contributed by atoms with Crippen molar-refractivity contribution in [3.05, 3.63) is 35.9 Å². The molecule has 5 nitrogen and oxygen atoms in total. The fourth-order valence-electron chi connectivity index (χ4n) is 3.68. The number of nitrogens with one attached hydrogen (secondary N) is 2. The predicted molar refractivity (Wildman–Crippen MR) is 121 cm³/mol. The molecule has 1 aliphatic heterocycles. The Hall–Kier alpha value is -1.59. The first-order valence-corrected chi connectivity index (χ1v) is 11.0. The third-order valence-corrected chi connectivity index (χ3v) is 5.44. The molecule has 0 aromatic heterocycles. The van der Waals surface area contributed by atoms with Crippen molar-refractivity contribution in [2.45, 2.75) is 59.2 Å². The lowest BCUT2D eigenvalue weighted by Crippen LogP contribution is -2.49. The molecule has 1 saturated heterocycles. The average molecular weight is 388 g/mol. The molecule has 1 aliphatic rings. The summed E-state index contributed by atoms with van der Waals surface area (Å²) in [6.07, 6.45) is 2.39. The van der Waals surface area contributed by atoms with Crippen molar-refractivity contribution in [2.24, 2.45) is 10.9 Å². The van der Waals surface area contributed by atoms with Crippen LogP contribution in [-0.2, 0) is 6.54 Å². The van der Waals surface area contributed by atoms with Crippen LogP contribution < -0.4 is 10.6 Å².